The highest BCUT2D eigenvalue weighted by atomic mass is 19.4. The van der Waals surface area contributed by atoms with Crippen molar-refractivity contribution in [1.29, 1.82) is 0 Å². The predicted octanol–water partition coefficient (Wildman–Crippen LogP) is 1.34. The molecule has 0 saturated heterocycles. The van der Waals surface area contributed by atoms with Crippen LogP contribution in [0.15, 0.2) is 0 Å². The van der Waals surface area contributed by atoms with Crippen molar-refractivity contribution in [3.8, 4) is 0 Å². The first-order valence-corrected chi connectivity index (χ1v) is 5.60. The molecule has 1 amide bonds. The number of amides is 1. The van der Waals surface area contributed by atoms with Crippen LogP contribution in [0.3, 0.4) is 0 Å². The average molecular weight is 236 g/mol. The molecule has 0 bridgehead atoms. The van der Waals surface area contributed by atoms with Crippen LogP contribution in [0.5, 0.6) is 0 Å². The van der Waals surface area contributed by atoms with Gasteiger partial charge in [0.25, 0.3) is 0 Å². The van der Waals surface area contributed by atoms with E-state index in [1.54, 1.807) is 0 Å². The highest BCUT2D eigenvalue weighted by molar-refractivity contribution is 5.82. The van der Waals surface area contributed by atoms with E-state index in [1.807, 2.05) is 0 Å². The summed E-state index contributed by atoms with van der Waals surface area (Å²) < 4.78 is 36.2. The molecule has 0 heterocycles. The quantitative estimate of drug-likeness (QED) is 0.776. The van der Waals surface area contributed by atoms with Crippen LogP contribution in [-0.2, 0) is 4.79 Å². The average Bonchev–Trinajstić information content (AvgIpc) is 2.87. The van der Waals surface area contributed by atoms with E-state index in [0.29, 0.717) is 12.5 Å². The Morgan fingerprint density at radius 3 is 2.25 bits per heavy atom. The zero-order chi connectivity index (χ0) is 11.8. The Labute approximate surface area is 91.8 Å². The fraction of sp³-hybridized carbons (Fsp3) is 0.900. The lowest BCUT2D eigenvalue weighted by atomic mass is 10.1. The molecule has 2 rings (SSSR count). The van der Waals surface area contributed by atoms with E-state index in [4.69, 9.17) is 0 Å². The number of halogens is 3. The van der Waals surface area contributed by atoms with Gasteiger partial charge in [0.1, 0.15) is 0 Å². The molecule has 2 N–H and O–H groups in total. The maximum absolute atomic E-state index is 12.1. The molecule has 0 aromatic heterocycles. The van der Waals surface area contributed by atoms with Crippen LogP contribution < -0.4 is 10.6 Å². The topological polar surface area (TPSA) is 41.1 Å². The van der Waals surface area contributed by atoms with Gasteiger partial charge in [-0.15, -0.1) is 0 Å². The zero-order valence-corrected chi connectivity index (χ0v) is 8.81. The van der Waals surface area contributed by atoms with Gasteiger partial charge in [0.05, 0.1) is 0 Å². The molecule has 2 saturated carbocycles. The van der Waals surface area contributed by atoms with E-state index in [1.165, 1.54) is 0 Å². The lowest BCUT2D eigenvalue weighted by Crippen LogP contribution is -2.50. The second-order valence-electron chi connectivity index (χ2n) is 4.56. The number of carbonyl (C=O) groups is 1. The second kappa shape index (κ2) is 4.24. The van der Waals surface area contributed by atoms with E-state index < -0.39 is 12.1 Å². The van der Waals surface area contributed by atoms with E-state index >= 15 is 0 Å². The summed E-state index contributed by atoms with van der Waals surface area (Å²) in [5, 5.41) is 5.35. The van der Waals surface area contributed by atoms with Crippen LogP contribution in [0.2, 0.25) is 0 Å². The molecular weight excluding hydrogens is 221 g/mol. The van der Waals surface area contributed by atoms with Crippen LogP contribution in [-0.4, -0.2) is 30.2 Å². The van der Waals surface area contributed by atoms with Crippen molar-refractivity contribution < 1.29 is 18.0 Å². The van der Waals surface area contributed by atoms with Gasteiger partial charge in [-0.1, -0.05) is 0 Å². The standard InChI is InChI=1S/C10H15F3N2O/c11-10(12,13)9(16)15-8-3-1-2-7(8)14-6-4-5-6/h6-8,14H,1-5H2,(H,15,16)/t7-,8-/m1/s1. The summed E-state index contributed by atoms with van der Waals surface area (Å²) in [7, 11) is 0. The van der Waals surface area contributed by atoms with Crippen molar-refractivity contribution >= 4 is 5.91 Å². The minimum atomic E-state index is -4.77. The molecule has 2 aliphatic rings. The number of nitrogens with one attached hydrogen (secondary N) is 2. The largest absolute Gasteiger partial charge is 0.471 e. The van der Waals surface area contributed by atoms with Gasteiger partial charge in [0.15, 0.2) is 0 Å². The molecule has 16 heavy (non-hydrogen) atoms. The first-order chi connectivity index (χ1) is 7.47. The molecule has 2 aliphatic carbocycles. The number of hydrogen-bond donors (Lipinski definition) is 2. The summed E-state index contributed by atoms with van der Waals surface area (Å²) in [5.41, 5.74) is 0. The molecule has 0 aromatic rings. The minimum absolute atomic E-state index is 0.0128. The van der Waals surface area contributed by atoms with Gasteiger partial charge in [-0.05, 0) is 32.1 Å². The number of alkyl halides is 3. The number of carbonyl (C=O) groups excluding carboxylic acids is 1. The third-order valence-electron chi connectivity index (χ3n) is 3.12. The van der Waals surface area contributed by atoms with Gasteiger partial charge >= 0.3 is 12.1 Å². The molecule has 3 nitrogen and oxygen atoms in total. The number of rotatable bonds is 3. The molecular formula is C10H15F3N2O. The van der Waals surface area contributed by atoms with Crippen molar-refractivity contribution in [2.75, 3.05) is 0 Å². The normalized spacial score (nSPS) is 30.4. The SMILES string of the molecule is O=C(N[C@@H]1CCC[C@H]1NC1CC1)C(F)(F)F. The zero-order valence-electron chi connectivity index (χ0n) is 8.81. The lowest BCUT2D eigenvalue weighted by Gasteiger charge is -2.22. The molecule has 2 atom stereocenters. The summed E-state index contributed by atoms with van der Waals surface area (Å²) in [5.74, 6) is -1.82. The van der Waals surface area contributed by atoms with Crippen LogP contribution in [0.4, 0.5) is 13.2 Å². The highest BCUT2D eigenvalue weighted by Crippen LogP contribution is 2.26. The molecule has 6 heteroatoms. The van der Waals surface area contributed by atoms with E-state index in [9.17, 15) is 18.0 Å². The van der Waals surface area contributed by atoms with Crippen LogP contribution >= 0.6 is 0 Å². The second-order valence-corrected chi connectivity index (χ2v) is 4.56. The van der Waals surface area contributed by atoms with Crippen molar-refractivity contribution in [3.63, 3.8) is 0 Å². The smallest absolute Gasteiger partial charge is 0.344 e. The fourth-order valence-electron chi connectivity index (χ4n) is 2.14. The third-order valence-corrected chi connectivity index (χ3v) is 3.12. The first-order valence-electron chi connectivity index (χ1n) is 5.60. The Bertz CT molecular complexity index is 276. The maximum Gasteiger partial charge on any atom is 0.471 e. The van der Waals surface area contributed by atoms with Crippen LogP contribution in [0.25, 0.3) is 0 Å². The van der Waals surface area contributed by atoms with E-state index in [2.05, 4.69) is 10.6 Å². The minimum Gasteiger partial charge on any atom is -0.344 e. The Balaban J connectivity index is 1.85. The maximum atomic E-state index is 12.1. The molecule has 0 radical (unpaired) electrons. The summed E-state index contributed by atoms with van der Waals surface area (Å²) >= 11 is 0. The fourth-order valence-corrected chi connectivity index (χ4v) is 2.14. The summed E-state index contributed by atoms with van der Waals surface area (Å²) in [6.45, 7) is 0. The monoisotopic (exact) mass is 236 g/mol. The van der Waals surface area contributed by atoms with Crippen molar-refractivity contribution in [2.24, 2.45) is 0 Å². The Hall–Kier alpha value is -0.780. The summed E-state index contributed by atoms with van der Waals surface area (Å²) in [6.07, 6.45) is -0.238. The Morgan fingerprint density at radius 1 is 1.06 bits per heavy atom. The highest BCUT2D eigenvalue weighted by Gasteiger charge is 2.42. The lowest BCUT2D eigenvalue weighted by molar-refractivity contribution is -0.174. The van der Waals surface area contributed by atoms with E-state index in [-0.39, 0.29) is 12.1 Å². The van der Waals surface area contributed by atoms with Crippen molar-refractivity contribution in [3.05, 3.63) is 0 Å². The number of hydrogen-bond acceptors (Lipinski definition) is 2. The van der Waals surface area contributed by atoms with Crippen molar-refractivity contribution in [2.45, 2.75) is 56.4 Å². The predicted molar refractivity (Wildman–Crippen MR) is 51.8 cm³/mol. The van der Waals surface area contributed by atoms with Gasteiger partial charge in [-0.3, -0.25) is 4.79 Å². The third kappa shape index (κ3) is 2.87. The Morgan fingerprint density at radius 2 is 1.69 bits per heavy atom. The molecule has 0 spiro atoms. The molecule has 0 aliphatic heterocycles. The van der Waals surface area contributed by atoms with Crippen molar-refractivity contribution in [1.82, 2.24) is 10.6 Å². The Kier molecular flexibility index (Phi) is 3.10. The molecule has 0 aromatic carbocycles. The van der Waals surface area contributed by atoms with E-state index in [0.717, 1.165) is 25.7 Å². The summed E-state index contributed by atoms with van der Waals surface area (Å²) in [4.78, 5) is 10.8. The molecule has 2 fully saturated rings. The molecule has 92 valence electrons. The van der Waals surface area contributed by atoms with Gasteiger partial charge in [0.2, 0.25) is 0 Å². The van der Waals surface area contributed by atoms with Gasteiger partial charge in [0, 0.05) is 18.1 Å². The van der Waals surface area contributed by atoms with Crippen LogP contribution in [0, 0.1) is 0 Å². The van der Waals surface area contributed by atoms with Gasteiger partial charge in [-0.2, -0.15) is 13.2 Å². The molecule has 0 unspecified atom stereocenters. The summed E-state index contributed by atoms with van der Waals surface area (Å²) in [6, 6.07) is 0.0990. The van der Waals surface area contributed by atoms with Gasteiger partial charge < -0.3 is 10.6 Å². The van der Waals surface area contributed by atoms with Gasteiger partial charge in [-0.25, -0.2) is 0 Å². The van der Waals surface area contributed by atoms with Crippen LogP contribution in [0.1, 0.15) is 32.1 Å². The first kappa shape index (κ1) is 11.7.